The van der Waals surface area contributed by atoms with Crippen LogP contribution in [0.1, 0.15) is 0 Å². The van der Waals surface area contributed by atoms with Crippen LogP contribution in [-0.2, 0) is 0 Å². The molecule has 3 heteroatoms. The molecule has 0 radical (unpaired) electrons. The van der Waals surface area contributed by atoms with Crippen molar-refractivity contribution in [2.24, 2.45) is 0 Å². The molecule has 6 aromatic carbocycles. The molecule has 2 nitrogen and oxygen atoms in total. The first-order valence-electron chi connectivity index (χ1n) is 14.2. The maximum Gasteiger partial charge on any atom is 0.0802 e. The lowest BCUT2D eigenvalue weighted by Crippen LogP contribution is -1.95. The van der Waals surface area contributed by atoms with Gasteiger partial charge in [-0.15, -0.1) is 11.3 Å². The van der Waals surface area contributed by atoms with E-state index in [4.69, 9.17) is 4.98 Å². The molecule has 9 aromatic rings. The Morgan fingerprint density at radius 3 is 2.21 bits per heavy atom. The van der Waals surface area contributed by atoms with Crippen LogP contribution >= 0.6 is 11.3 Å². The maximum atomic E-state index is 4.86. The Kier molecular flexibility index (Phi) is 5.10. The van der Waals surface area contributed by atoms with Crippen LogP contribution in [0.2, 0.25) is 0 Å². The fourth-order valence-corrected chi connectivity index (χ4v) is 7.55. The van der Waals surface area contributed by atoms with Crippen molar-refractivity contribution in [2.45, 2.75) is 0 Å². The summed E-state index contributed by atoms with van der Waals surface area (Å²) in [6, 6.07) is 50.6. The lowest BCUT2D eigenvalue weighted by Gasteiger charge is -2.11. The van der Waals surface area contributed by atoms with Gasteiger partial charge in [-0.05, 0) is 70.8 Å². The topological polar surface area (TPSA) is 17.8 Å². The van der Waals surface area contributed by atoms with Gasteiger partial charge in [-0.3, -0.25) is 4.98 Å². The highest BCUT2D eigenvalue weighted by atomic mass is 32.1. The Morgan fingerprint density at radius 1 is 0.476 bits per heavy atom. The van der Waals surface area contributed by atoms with Crippen molar-refractivity contribution in [3.8, 4) is 27.9 Å². The fourth-order valence-electron chi connectivity index (χ4n) is 6.46. The molecule has 9 rings (SSSR count). The lowest BCUT2D eigenvalue weighted by molar-refractivity contribution is 1.18. The molecule has 0 unspecified atom stereocenters. The maximum absolute atomic E-state index is 4.86. The van der Waals surface area contributed by atoms with Crippen LogP contribution in [0.3, 0.4) is 0 Å². The Morgan fingerprint density at radius 2 is 1.26 bits per heavy atom. The molecule has 0 aliphatic heterocycles. The van der Waals surface area contributed by atoms with Crippen molar-refractivity contribution in [1.82, 2.24) is 9.55 Å². The van der Waals surface area contributed by atoms with Crippen LogP contribution in [-0.4, -0.2) is 9.55 Å². The molecule has 0 aliphatic rings. The standard InChI is InChI=1S/C39H24N2S/c1-2-8-25(9-3-1)27-10-6-12-30(22-27)41-34-19-16-26-11-7-21-40-39(26)38(34)32-18-15-29(24-35(32)41)28-17-20-37-33(23-28)31-13-4-5-14-36(31)42-37/h1-24H. The van der Waals surface area contributed by atoms with Gasteiger partial charge in [-0.25, -0.2) is 0 Å². The second-order valence-corrected chi connectivity index (χ2v) is 11.9. The van der Waals surface area contributed by atoms with Crippen molar-refractivity contribution in [2.75, 3.05) is 0 Å². The molecule has 0 bridgehead atoms. The Hall–Kier alpha value is -5.25. The molecule has 3 heterocycles. The molecule has 0 amide bonds. The van der Waals surface area contributed by atoms with E-state index in [1.807, 2.05) is 23.6 Å². The van der Waals surface area contributed by atoms with E-state index in [-0.39, 0.29) is 0 Å². The number of pyridine rings is 1. The van der Waals surface area contributed by atoms with Crippen LogP contribution in [0.15, 0.2) is 146 Å². The first kappa shape index (κ1) is 23.5. The number of hydrogen-bond donors (Lipinski definition) is 0. The van der Waals surface area contributed by atoms with Crippen LogP contribution in [0, 0.1) is 0 Å². The van der Waals surface area contributed by atoms with Crippen LogP contribution in [0.25, 0.3) is 80.8 Å². The molecular weight excluding hydrogens is 529 g/mol. The van der Waals surface area contributed by atoms with Gasteiger partial charge in [0.25, 0.3) is 0 Å². The number of rotatable bonds is 3. The molecule has 42 heavy (non-hydrogen) atoms. The van der Waals surface area contributed by atoms with E-state index in [1.54, 1.807) is 0 Å². The van der Waals surface area contributed by atoms with Crippen molar-refractivity contribution in [1.29, 1.82) is 0 Å². The predicted octanol–water partition coefficient (Wildman–Crippen LogP) is 11.0. The van der Waals surface area contributed by atoms with E-state index in [1.165, 1.54) is 58.7 Å². The van der Waals surface area contributed by atoms with Gasteiger partial charge in [0.05, 0.1) is 16.6 Å². The van der Waals surface area contributed by atoms with E-state index in [0.717, 1.165) is 22.1 Å². The van der Waals surface area contributed by atoms with Crippen molar-refractivity contribution in [3.63, 3.8) is 0 Å². The molecule has 3 aromatic heterocycles. The van der Waals surface area contributed by atoms with Gasteiger partial charge in [0.1, 0.15) is 0 Å². The van der Waals surface area contributed by atoms with Gasteiger partial charge < -0.3 is 4.57 Å². The zero-order chi connectivity index (χ0) is 27.6. The third-order valence-electron chi connectivity index (χ3n) is 8.42. The normalized spacial score (nSPS) is 11.8. The van der Waals surface area contributed by atoms with Crippen LogP contribution in [0.5, 0.6) is 0 Å². The van der Waals surface area contributed by atoms with E-state index < -0.39 is 0 Å². The first-order valence-corrected chi connectivity index (χ1v) is 15.0. The smallest absolute Gasteiger partial charge is 0.0802 e. The van der Waals surface area contributed by atoms with E-state index >= 15 is 0 Å². The van der Waals surface area contributed by atoms with Gasteiger partial charge in [-0.2, -0.15) is 0 Å². The second-order valence-electron chi connectivity index (χ2n) is 10.8. The largest absolute Gasteiger partial charge is 0.309 e. The predicted molar refractivity (Wildman–Crippen MR) is 180 cm³/mol. The van der Waals surface area contributed by atoms with Crippen molar-refractivity contribution < 1.29 is 0 Å². The summed E-state index contributed by atoms with van der Waals surface area (Å²) < 4.78 is 5.07. The van der Waals surface area contributed by atoms with Crippen LogP contribution in [0.4, 0.5) is 0 Å². The minimum atomic E-state index is 1.04. The Balaban J connectivity index is 1.33. The van der Waals surface area contributed by atoms with Gasteiger partial charge in [0.2, 0.25) is 0 Å². The number of hydrogen-bond acceptors (Lipinski definition) is 2. The molecule has 196 valence electrons. The minimum Gasteiger partial charge on any atom is -0.309 e. The molecule has 0 aliphatic carbocycles. The highest BCUT2D eigenvalue weighted by Crippen LogP contribution is 2.40. The Labute approximate surface area is 246 Å². The summed E-state index contributed by atoms with van der Waals surface area (Å²) in [6.45, 7) is 0. The van der Waals surface area contributed by atoms with E-state index in [2.05, 4.69) is 138 Å². The summed E-state index contributed by atoms with van der Waals surface area (Å²) in [5, 5.41) is 6.20. The second kappa shape index (κ2) is 9.13. The highest BCUT2D eigenvalue weighted by molar-refractivity contribution is 7.25. The molecule has 0 spiro atoms. The minimum absolute atomic E-state index is 1.04. The molecule has 0 fully saturated rings. The average molecular weight is 553 g/mol. The Bertz CT molecular complexity index is 2470. The highest BCUT2D eigenvalue weighted by Gasteiger charge is 2.17. The summed E-state index contributed by atoms with van der Waals surface area (Å²) >= 11 is 1.86. The van der Waals surface area contributed by atoms with Gasteiger partial charge in [-0.1, -0.05) is 91.0 Å². The SMILES string of the molecule is c1ccc(-c2cccc(-n3c4cc(-c5ccc6sc7ccccc7c6c5)ccc4c4c5ncccc5ccc43)c2)cc1. The third-order valence-corrected chi connectivity index (χ3v) is 9.57. The van der Waals surface area contributed by atoms with Crippen molar-refractivity contribution in [3.05, 3.63) is 146 Å². The van der Waals surface area contributed by atoms with Gasteiger partial charge in [0, 0.05) is 48.2 Å². The summed E-state index contributed by atoms with van der Waals surface area (Å²) in [7, 11) is 0. The lowest BCUT2D eigenvalue weighted by atomic mass is 10.0. The van der Waals surface area contributed by atoms with Crippen molar-refractivity contribution >= 4 is 64.2 Å². The summed E-state index contributed by atoms with van der Waals surface area (Å²) in [5.74, 6) is 0. The number of fused-ring (bicyclic) bond motifs is 8. The zero-order valence-electron chi connectivity index (χ0n) is 22.7. The number of benzene rings is 6. The first-order chi connectivity index (χ1) is 20.8. The van der Waals surface area contributed by atoms with E-state index in [9.17, 15) is 0 Å². The molecule has 0 saturated heterocycles. The molecule has 0 N–H and O–H groups in total. The zero-order valence-corrected chi connectivity index (χ0v) is 23.5. The third kappa shape index (κ3) is 3.54. The van der Waals surface area contributed by atoms with Gasteiger partial charge in [0.15, 0.2) is 0 Å². The number of aromatic nitrogens is 2. The molecule has 0 saturated carbocycles. The monoisotopic (exact) mass is 552 g/mol. The quantitative estimate of drug-likeness (QED) is 0.213. The van der Waals surface area contributed by atoms with Crippen LogP contribution < -0.4 is 0 Å². The number of nitrogens with zero attached hydrogens (tertiary/aromatic N) is 2. The molecule has 0 atom stereocenters. The summed E-state index contributed by atoms with van der Waals surface area (Å²) in [4.78, 5) is 4.86. The van der Waals surface area contributed by atoms with E-state index in [0.29, 0.717) is 0 Å². The summed E-state index contributed by atoms with van der Waals surface area (Å²) in [5.41, 5.74) is 9.38. The molecular formula is C39H24N2S. The fraction of sp³-hybridized carbons (Fsp3) is 0. The summed E-state index contributed by atoms with van der Waals surface area (Å²) in [6.07, 6.45) is 1.90. The number of thiophene rings is 1. The van der Waals surface area contributed by atoms with Gasteiger partial charge >= 0.3 is 0 Å². The average Bonchev–Trinajstić information content (AvgIpc) is 3.60.